The van der Waals surface area contributed by atoms with E-state index in [1.165, 1.54) is 32.7 Å². The molecule has 0 fully saturated rings. The molecule has 1 heterocycles. The number of anilines is 1. The molecule has 0 radical (unpaired) electrons. The van der Waals surface area contributed by atoms with Crippen molar-refractivity contribution < 1.29 is 22.5 Å². The topological polar surface area (TPSA) is 122 Å². The minimum atomic E-state index is -4.00. The molecule has 0 aliphatic heterocycles. The zero-order valence-electron chi connectivity index (χ0n) is 18.3. The second-order valence-electron chi connectivity index (χ2n) is 7.51. The van der Waals surface area contributed by atoms with Crippen molar-refractivity contribution in [2.75, 3.05) is 18.9 Å². The van der Waals surface area contributed by atoms with Crippen LogP contribution in [-0.2, 0) is 19.6 Å². The van der Waals surface area contributed by atoms with Gasteiger partial charge in [0.25, 0.3) is 0 Å². The van der Waals surface area contributed by atoms with Crippen molar-refractivity contribution in [2.45, 2.75) is 52.5 Å². The molecule has 0 saturated carbocycles. The highest BCUT2D eigenvalue weighted by atomic mass is 32.2. The molecule has 0 spiro atoms. The van der Waals surface area contributed by atoms with E-state index < -0.39 is 22.0 Å². The van der Waals surface area contributed by atoms with Gasteiger partial charge in [0.2, 0.25) is 21.8 Å². The average molecular weight is 437 g/mol. The zero-order valence-corrected chi connectivity index (χ0v) is 19.1. The highest BCUT2D eigenvalue weighted by Gasteiger charge is 2.29. The summed E-state index contributed by atoms with van der Waals surface area (Å²) in [5.41, 5.74) is 3.86. The van der Waals surface area contributed by atoms with E-state index in [0.717, 1.165) is 16.7 Å². The Balaban J connectivity index is 2.04. The second kappa shape index (κ2) is 8.97. The summed E-state index contributed by atoms with van der Waals surface area (Å²) in [7, 11) is -2.56. The lowest BCUT2D eigenvalue weighted by molar-refractivity contribution is -0.134. The van der Waals surface area contributed by atoms with Crippen LogP contribution in [0.2, 0.25) is 0 Å². The molecule has 0 saturated heterocycles. The maximum atomic E-state index is 12.6. The van der Waals surface area contributed by atoms with E-state index >= 15 is 0 Å². The molecule has 0 bridgehead atoms. The quantitative estimate of drug-likeness (QED) is 0.684. The first-order chi connectivity index (χ1) is 13.8. The number of hydrogen-bond donors (Lipinski definition) is 2. The van der Waals surface area contributed by atoms with Crippen LogP contribution in [0.1, 0.15) is 35.1 Å². The Morgan fingerprint density at radius 2 is 1.70 bits per heavy atom. The molecule has 1 atom stereocenters. The number of aryl methyl sites for hydroxylation is 5. The Hall–Kier alpha value is -2.72. The Bertz CT molecular complexity index is 1030. The molecule has 2 rings (SSSR count). The molecule has 0 unspecified atom stereocenters. The van der Waals surface area contributed by atoms with Crippen molar-refractivity contribution in [1.29, 1.82) is 0 Å². The van der Waals surface area contributed by atoms with Crippen LogP contribution < -0.4 is 10.0 Å². The molecule has 10 heteroatoms. The van der Waals surface area contributed by atoms with Gasteiger partial charge in [-0.1, -0.05) is 22.9 Å². The number of rotatable bonds is 7. The molecule has 30 heavy (non-hydrogen) atoms. The fraction of sp³-hybridized carbons (Fsp3) is 0.450. The normalized spacial score (nSPS) is 12.5. The fourth-order valence-corrected chi connectivity index (χ4v) is 4.91. The molecular formula is C20H28N4O5S. The number of aromatic nitrogens is 1. The van der Waals surface area contributed by atoms with Gasteiger partial charge in [0.05, 0.1) is 12.6 Å². The summed E-state index contributed by atoms with van der Waals surface area (Å²) in [4.78, 5) is 26.1. The van der Waals surface area contributed by atoms with Gasteiger partial charge in [-0.2, -0.15) is 4.72 Å². The maximum Gasteiger partial charge on any atom is 0.246 e. The number of amides is 2. The van der Waals surface area contributed by atoms with Gasteiger partial charge in [0.1, 0.15) is 10.6 Å². The monoisotopic (exact) mass is 436 g/mol. The highest BCUT2D eigenvalue weighted by molar-refractivity contribution is 7.89. The standard InChI is InChI=1S/C20H28N4O5S/c1-11-8-12(2)18(13(3)9-11)21-17(25)10-24(7)20(26)15(5)23-30(27,28)19-14(4)22-29-16(19)6/h8-9,15,23H,10H2,1-7H3,(H,21,25)/t15-/m0/s1. The van der Waals surface area contributed by atoms with Crippen LogP contribution in [0.3, 0.4) is 0 Å². The van der Waals surface area contributed by atoms with Crippen LogP contribution >= 0.6 is 0 Å². The SMILES string of the molecule is Cc1cc(C)c(NC(=O)CN(C)C(=O)[C@H](C)NS(=O)(=O)c2c(C)noc2C)c(C)c1. The predicted octanol–water partition coefficient (Wildman–Crippen LogP) is 1.98. The molecule has 2 aromatic rings. The summed E-state index contributed by atoms with van der Waals surface area (Å²) < 4.78 is 32.4. The van der Waals surface area contributed by atoms with Gasteiger partial charge in [-0.15, -0.1) is 0 Å². The number of nitrogens with one attached hydrogen (secondary N) is 2. The number of benzene rings is 1. The third-order valence-electron chi connectivity index (χ3n) is 4.64. The largest absolute Gasteiger partial charge is 0.360 e. The number of likely N-dealkylation sites (N-methyl/N-ethyl adjacent to an activating group) is 1. The van der Waals surface area contributed by atoms with Crippen LogP contribution in [0.25, 0.3) is 0 Å². The number of hydrogen-bond acceptors (Lipinski definition) is 6. The minimum absolute atomic E-state index is 0.0899. The van der Waals surface area contributed by atoms with E-state index in [9.17, 15) is 18.0 Å². The molecule has 0 aliphatic carbocycles. The number of nitrogens with zero attached hydrogens (tertiary/aromatic N) is 2. The lowest BCUT2D eigenvalue weighted by atomic mass is 10.1. The van der Waals surface area contributed by atoms with Crippen molar-refractivity contribution in [2.24, 2.45) is 0 Å². The van der Waals surface area contributed by atoms with Gasteiger partial charge < -0.3 is 14.7 Å². The molecule has 0 aliphatic rings. The number of carbonyl (C=O) groups excluding carboxylic acids is 2. The van der Waals surface area contributed by atoms with Gasteiger partial charge in [-0.05, 0) is 52.7 Å². The van der Waals surface area contributed by atoms with Crippen molar-refractivity contribution in [1.82, 2.24) is 14.8 Å². The first kappa shape index (κ1) is 23.6. The summed E-state index contributed by atoms with van der Waals surface area (Å²) in [5, 5.41) is 6.45. The molecule has 2 amide bonds. The van der Waals surface area contributed by atoms with E-state index in [1.807, 2.05) is 32.9 Å². The molecular weight excluding hydrogens is 408 g/mol. The predicted molar refractivity (Wildman–Crippen MR) is 113 cm³/mol. The number of carbonyl (C=O) groups is 2. The number of sulfonamides is 1. The summed E-state index contributed by atoms with van der Waals surface area (Å²) >= 11 is 0. The van der Waals surface area contributed by atoms with E-state index in [0.29, 0.717) is 5.69 Å². The van der Waals surface area contributed by atoms with Crippen LogP contribution in [0.15, 0.2) is 21.6 Å². The summed E-state index contributed by atoms with van der Waals surface area (Å²) in [6, 6.07) is 2.84. The molecule has 164 valence electrons. The third-order valence-corrected chi connectivity index (χ3v) is 6.42. The highest BCUT2D eigenvalue weighted by Crippen LogP contribution is 2.22. The van der Waals surface area contributed by atoms with E-state index in [-0.39, 0.29) is 28.8 Å². The molecule has 1 aromatic heterocycles. The van der Waals surface area contributed by atoms with Crippen LogP contribution in [0.4, 0.5) is 5.69 Å². The van der Waals surface area contributed by atoms with Gasteiger partial charge in [0.15, 0.2) is 5.76 Å². The fourth-order valence-electron chi connectivity index (χ4n) is 3.38. The van der Waals surface area contributed by atoms with E-state index in [2.05, 4.69) is 15.2 Å². The Morgan fingerprint density at radius 3 is 2.20 bits per heavy atom. The first-order valence-corrected chi connectivity index (χ1v) is 10.9. The van der Waals surface area contributed by atoms with Crippen molar-refractivity contribution in [3.8, 4) is 0 Å². The molecule has 1 aromatic carbocycles. The summed E-state index contributed by atoms with van der Waals surface area (Å²) in [6.45, 7) is 9.95. The van der Waals surface area contributed by atoms with Crippen LogP contribution in [0.5, 0.6) is 0 Å². The van der Waals surface area contributed by atoms with Crippen molar-refractivity contribution in [3.05, 3.63) is 40.3 Å². The molecule has 9 nitrogen and oxygen atoms in total. The smallest absolute Gasteiger partial charge is 0.246 e. The lowest BCUT2D eigenvalue weighted by Crippen LogP contribution is -2.47. The summed E-state index contributed by atoms with van der Waals surface area (Å²) in [5.74, 6) is -0.782. The maximum absolute atomic E-state index is 12.6. The van der Waals surface area contributed by atoms with Gasteiger partial charge in [-0.3, -0.25) is 9.59 Å². The first-order valence-electron chi connectivity index (χ1n) is 9.41. The molecule has 2 N–H and O–H groups in total. The van der Waals surface area contributed by atoms with Crippen LogP contribution in [-0.4, -0.2) is 49.9 Å². The van der Waals surface area contributed by atoms with Gasteiger partial charge in [-0.25, -0.2) is 8.42 Å². The van der Waals surface area contributed by atoms with E-state index in [4.69, 9.17) is 4.52 Å². The average Bonchev–Trinajstić information content (AvgIpc) is 2.96. The minimum Gasteiger partial charge on any atom is -0.360 e. The Morgan fingerprint density at radius 1 is 1.13 bits per heavy atom. The van der Waals surface area contributed by atoms with Crippen molar-refractivity contribution in [3.63, 3.8) is 0 Å². The lowest BCUT2D eigenvalue weighted by Gasteiger charge is -2.22. The zero-order chi connectivity index (χ0) is 22.8. The van der Waals surface area contributed by atoms with Crippen molar-refractivity contribution >= 4 is 27.5 Å². The third kappa shape index (κ3) is 5.25. The van der Waals surface area contributed by atoms with Crippen LogP contribution in [0, 0.1) is 34.6 Å². The Kier molecular flexibility index (Phi) is 7.04. The summed E-state index contributed by atoms with van der Waals surface area (Å²) in [6.07, 6.45) is 0. The Labute approximate surface area is 176 Å². The van der Waals surface area contributed by atoms with Gasteiger partial charge >= 0.3 is 0 Å². The van der Waals surface area contributed by atoms with E-state index in [1.54, 1.807) is 0 Å². The van der Waals surface area contributed by atoms with Gasteiger partial charge in [0, 0.05) is 12.7 Å². The second-order valence-corrected chi connectivity index (χ2v) is 9.16.